The Morgan fingerprint density at radius 2 is 2.00 bits per heavy atom. The van der Waals surface area contributed by atoms with Gasteiger partial charge in [0.1, 0.15) is 5.75 Å². The second-order valence-electron chi connectivity index (χ2n) is 6.40. The maximum absolute atomic E-state index is 12.2. The van der Waals surface area contributed by atoms with Crippen molar-refractivity contribution in [3.63, 3.8) is 0 Å². The molecule has 154 valence electrons. The highest BCUT2D eigenvalue weighted by molar-refractivity contribution is 8.01. The molecule has 2 aromatic carbocycles. The molecule has 0 saturated heterocycles. The molecule has 2 heterocycles. The zero-order valence-electron chi connectivity index (χ0n) is 16.2. The molecule has 9 heteroatoms. The fraction of sp³-hybridized carbons (Fsp3) is 0.238. The zero-order chi connectivity index (χ0) is 20.9. The standard InChI is InChI=1S/C21H19N3O5S/c1-2-27-15-9-5-3-7-13(15)20-23-18(29-24-20)12-28-19(25)11-17-21(26)22-14-8-4-6-10-16(14)30-17/h3-10,17H,2,11-12H2,1H3,(H,22,26). The molecular weight excluding hydrogens is 406 g/mol. The molecule has 1 amide bonds. The predicted molar refractivity (Wildman–Crippen MR) is 110 cm³/mol. The van der Waals surface area contributed by atoms with Crippen molar-refractivity contribution in [3.8, 4) is 17.1 Å². The number of esters is 1. The molecule has 0 fully saturated rings. The molecule has 4 rings (SSSR count). The molecule has 1 N–H and O–H groups in total. The van der Waals surface area contributed by atoms with Gasteiger partial charge in [-0.2, -0.15) is 4.98 Å². The first-order valence-corrected chi connectivity index (χ1v) is 10.3. The van der Waals surface area contributed by atoms with Crippen LogP contribution in [0.25, 0.3) is 11.4 Å². The minimum Gasteiger partial charge on any atom is -0.493 e. The second kappa shape index (κ2) is 9.00. The van der Waals surface area contributed by atoms with Crippen LogP contribution in [0.1, 0.15) is 19.2 Å². The van der Waals surface area contributed by atoms with Crippen LogP contribution in [0, 0.1) is 0 Å². The Morgan fingerprint density at radius 3 is 2.87 bits per heavy atom. The number of ether oxygens (including phenoxy) is 2. The molecule has 8 nitrogen and oxygen atoms in total. The Labute approximate surface area is 177 Å². The lowest BCUT2D eigenvalue weighted by Gasteiger charge is -2.23. The lowest BCUT2D eigenvalue weighted by Crippen LogP contribution is -2.31. The minimum absolute atomic E-state index is 0.0565. The summed E-state index contributed by atoms with van der Waals surface area (Å²) in [6.45, 7) is 2.23. The van der Waals surface area contributed by atoms with Gasteiger partial charge in [-0.15, -0.1) is 11.8 Å². The molecular formula is C21H19N3O5S. The number of hydrogen-bond donors (Lipinski definition) is 1. The molecule has 0 bridgehead atoms. The first-order chi connectivity index (χ1) is 14.6. The van der Waals surface area contributed by atoms with E-state index in [2.05, 4.69) is 15.5 Å². The number of fused-ring (bicyclic) bond motifs is 1. The van der Waals surface area contributed by atoms with Crippen molar-refractivity contribution in [3.05, 3.63) is 54.4 Å². The van der Waals surface area contributed by atoms with Gasteiger partial charge >= 0.3 is 5.97 Å². The number of anilines is 1. The third-order valence-corrected chi connectivity index (χ3v) is 5.59. The van der Waals surface area contributed by atoms with Crippen molar-refractivity contribution in [1.29, 1.82) is 0 Å². The first-order valence-electron chi connectivity index (χ1n) is 9.41. The smallest absolute Gasteiger partial charge is 0.307 e. The van der Waals surface area contributed by atoms with Gasteiger partial charge in [-0.25, -0.2) is 0 Å². The summed E-state index contributed by atoms with van der Waals surface area (Å²) < 4.78 is 16.0. The topological polar surface area (TPSA) is 104 Å². The number of carbonyl (C=O) groups is 2. The van der Waals surface area contributed by atoms with E-state index < -0.39 is 11.2 Å². The number of amides is 1. The van der Waals surface area contributed by atoms with Gasteiger partial charge in [0.15, 0.2) is 6.61 Å². The molecule has 0 spiro atoms. The summed E-state index contributed by atoms with van der Waals surface area (Å²) in [5.74, 6) is 0.421. The highest BCUT2D eigenvalue weighted by Gasteiger charge is 2.29. The normalized spacial score (nSPS) is 15.2. The van der Waals surface area contributed by atoms with Crippen LogP contribution in [-0.2, 0) is 20.9 Å². The molecule has 1 unspecified atom stereocenters. The number of carbonyl (C=O) groups excluding carboxylic acids is 2. The second-order valence-corrected chi connectivity index (χ2v) is 7.64. The molecule has 3 aromatic rings. The summed E-state index contributed by atoms with van der Waals surface area (Å²) in [7, 11) is 0. The number of para-hydroxylation sites is 2. The van der Waals surface area contributed by atoms with Crippen LogP contribution in [0.3, 0.4) is 0 Å². The van der Waals surface area contributed by atoms with E-state index in [4.69, 9.17) is 14.0 Å². The van der Waals surface area contributed by atoms with E-state index in [0.717, 1.165) is 10.6 Å². The summed E-state index contributed by atoms with van der Waals surface area (Å²) in [5, 5.41) is 6.19. The van der Waals surface area contributed by atoms with Crippen LogP contribution in [0.5, 0.6) is 5.75 Å². The maximum Gasteiger partial charge on any atom is 0.307 e. The van der Waals surface area contributed by atoms with Crippen LogP contribution in [0.4, 0.5) is 5.69 Å². The average Bonchev–Trinajstić information content (AvgIpc) is 3.22. The number of benzene rings is 2. The van der Waals surface area contributed by atoms with Crippen molar-refractivity contribution in [1.82, 2.24) is 10.1 Å². The van der Waals surface area contributed by atoms with E-state index in [1.807, 2.05) is 55.5 Å². The van der Waals surface area contributed by atoms with E-state index in [9.17, 15) is 9.59 Å². The van der Waals surface area contributed by atoms with Gasteiger partial charge in [0.05, 0.1) is 29.5 Å². The fourth-order valence-corrected chi connectivity index (χ4v) is 4.03. The van der Waals surface area contributed by atoms with E-state index in [1.165, 1.54) is 11.8 Å². The van der Waals surface area contributed by atoms with Gasteiger partial charge in [-0.1, -0.05) is 29.4 Å². The van der Waals surface area contributed by atoms with Crippen LogP contribution >= 0.6 is 11.8 Å². The Kier molecular flexibility index (Phi) is 5.99. The van der Waals surface area contributed by atoms with Gasteiger partial charge in [0.2, 0.25) is 11.7 Å². The lowest BCUT2D eigenvalue weighted by atomic mass is 10.2. The van der Waals surface area contributed by atoms with E-state index in [1.54, 1.807) is 0 Å². The lowest BCUT2D eigenvalue weighted by molar-refractivity contribution is -0.146. The summed E-state index contributed by atoms with van der Waals surface area (Å²) in [4.78, 5) is 29.6. The van der Waals surface area contributed by atoms with Gasteiger partial charge in [0, 0.05) is 4.90 Å². The van der Waals surface area contributed by atoms with Crippen molar-refractivity contribution in [2.24, 2.45) is 0 Å². The molecule has 1 aliphatic rings. The zero-order valence-corrected chi connectivity index (χ0v) is 17.0. The Morgan fingerprint density at radius 1 is 1.20 bits per heavy atom. The minimum atomic E-state index is -0.552. The van der Waals surface area contributed by atoms with Gasteiger partial charge in [-0.3, -0.25) is 9.59 Å². The van der Waals surface area contributed by atoms with Crippen LogP contribution in [0.15, 0.2) is 57.9 Å². The predicted octanol–water partition coefficient (Wildman–Crippen LogP) is 3.68. The summed E-state index contributed by atoms with van der Waals surface area (Å²) in [6.07, 6.45) is -0.0565. The number of hydrogen-bond acceptors (Lipinski definition) is 8. The van der Waals surface area contributed by atoms with Gasteiger partial charge in [0.25, 0.3) is 5.89 Å². The molecule has 0 saturated carbocycles. The van der Waals surface area contributed by atoms with Crippen molar-refractivity contribution < 1.29 is 23.6 Å². The fourth-order valence-electron chi connectivity index (χ4n) is 2.94. The number of aromatic nitrogens is 2. The largest absolute Gasteiger partial charge is 0.493 e. The number of rotatable bonds is 7. The highest BCUT2D eigenvalue weighted by Crippen LogP contribution is 2.36. The van der Waals surface area contributed by atoms with Crippen LogP contribution < -0.4 is 10.1 Å². The van der Waals surface area contributed by atoms with Gasteiger partial charge < -0.3 is 19.3 Å². The van der Waals surface area contributed by atoms with Crippen molar-refractivity contribution >= 4 is 29.3 Å². The van der Waals surface area contributed by atoms with Crippen molar-refractivity contribution in [2.45, 2.75) is 30.1 Å². The quantitative estimate of drug-likeness (QED) is 0.572. The SMILES string of the molecule is CCOc1ccccc1-c1noc(COC(=O)CC2Sc3ccccc3NC2=O)n1. The summed E-state index contributed by atoms with van der Waals surface area (Å²) in [5.41, 5.74) is 1.44. The molecule has 1 aliphatic heterocycles. The Hall–Kier alpha value is -3.33. The molecule has 0 aliphatic carbocycles. The number of nitrogens with one attached hydrogen (secondary N) is 1. The van der Waals surface area contributed by atoms with Crippen LogP contribution in [0.2, 0.25) is 0 Å². The summed E-state index contributed by atoms with van der Waals surface area (Å²) >= 11 is 1.34. The third-order valence-electron chi connectivity index (χ3n) is 4.31. The van der Waals surface area contributed by atoms with Crippen LogP contribution in [-0.4, -0.2) is 33.9 Å². The van der Waals surface area contributed by atoms with E-state index >= 15 is 0 Å². The van der Waals surface area contributed by atoms with Crippen molar-refractivity contribution in [2.75, 3.05) is 11.9 Å². The third kappa shape index (κ3) is 4.46. The molecule has 1 aromatic heterocycles. The number of nitrogens with zero attached hydrogens (tertiary/aromatic N) is 2. The summed E-state index contributed by atoms with van der Waals surface area (Å²) in [6, 6.07) is 14.8. The Balaban J connectivity index is 1.35. The van der Waals surface area contributed by atoms with Gasteiger partial charge in [-0.05, 0) is 31.2 Å². The average molecular weight is 425 g/mol. The van der Waals surface area contributed by atoms with E-state index in [0.29, 0.717) is 23.7 Å². The maximum atomic E-state index is 12.2. The monoisotopic (exact) mass is 425 g/mol. The molecule has 30 heavy (non-hydrogen) atoms. The van der Waals surface area contributed by atoms with E-state index in [-0.39, 0.29) is 24.8 Å². The Bertz CT molecular complexity index is 1070. The molecule has 1 atom stereocenters. The first kappa shape index (κ1) is 20.0. The highest BCUT2D eigenvalue weighted by atomic mass is 32.2. The number of thioether (sulfide) groups is 1. The molecule has 0 radical (unpaired) electrons.